The molecule has 3 aromatic rings. The molecule has 2 aromatic heterocycles. The van der Waals surface area contributed by atoms with Crippen LogP contribution in [0.15, 0.2) is 45.3 Å². The lowest BCUT2D eigenvalue weighted by molar-refractivity contribution is -0.384. The Bertz CT molecular complexity index is 1220. The van der Waals surface area contributed by atoms with Gasteiger partial charge in [0.25, 0.3) is 17.2 Å². The van der Waals surface area contributed by atoms with Crippen molar-refractivity contribution in [2.45, 2.75) is 6.54 Å². The Kier molecular flexibility index (Phi) is 4.85. The van der Waals surface area contributed by atoms with Crippen molar-refractivity contribution in [2.75, 3.05) is 0 Å². The summed E-state index contributed by atoms with van der Waals surface area (Å²) in [6.07, 6.45) is 2.63. The quantitative estimate of drug-likeness (QED) is 0.356. The molecule has 12 nitrogen and oxygen atoms in total. The SMILES string of the molecule is Cn1c(=O)c2c(ncn2CC(=O)N/N=C\c2ccc([N+](=O)[O-])cc2)n(C)c1=O. The number of imidazole rings is 1. The Hall–Kier alpha value is -4.09. The van der Waals surface area contributed by atoms with Gasteiger partial charge in [0.1, 0.15) is 6.54 Å². The summed E-state index contributed by atoms with van der Waals surface area (Å²) in [5.74, 6) is -0.520. The maximum atomic E-state index is 12.3. The van der Waals surface area contributed by atoms with Gasteiger partial charge in [0, 0.05) is 26.2 Å². The molecule has 0 aliphatic heterocycles. The number of nitrogens with zero attached hydrogens (tertiary/aromatic N) is 6. The molecule has 12 heteroatoms. The van der Waals surface area contributed by atoms with Crippen molar-refractivity contribution in [3.63, 3.8) is 0 Å². The van der Waals surface area contributed by atoms with E-state index in [-0.39, 0.29) is 23.4 Å². The number of hydrogen-bond acceptors (Lipinski definition) is 7. The average Bonchev–Trinajstić information content (AvgIpc) is 3.08. The van der Waals surface area contributed by atoms with Crippen LogP contribution in [-0.2, 0) is 25.4 Å². The number of nitro benzene ring substituents is 1. The molecule has 0 unspecified atom stereocenters. The number of benzene rings is 1. The molecule has 0 fully saturated rings. The predicted molar refractivity (Wildman–Crippen MR) is 99.0 cm³/mol. The van der Waals surface area contributed by atoms with Crippen molar-refractivity contribution < 1.29 is 9.72 Å². The number of nitro groups is 1. The van der Waals surface area contributed by atoms with Crippen LogP contribution in [0, 0.1) is 10.1 Å². The molecule has 0 atom stereocenters. The second kappa shape index (κ2) is 7.26. The number of nitrogens with one attached hydrogen (secondary N) is 1. The summed E-state index contributed by atoms with van der Waals surface area (Å²) in [6.45, 7) is -0.235. The highest BCUT2D eigenvalue weighted by atomic mass is 16.6. The van der Waals surface area contributed by atoms with E-state index in [4.69, 9.17) is 0 Å². The molecule has 1 amide bonds. The number of carbonyl (C=O) groups excluding carboxylic acids is 1. The molecule has 1 N–H and O–H groups in total. The minimum absolute atomic E-state index is 0.0517. The molecule has 0 bridgehead atoms. The average molecular weight is 385 g/mol. The standard InChI is InChI=1S/C16H15N7O5/c1-20-14-13(15(25)21(2)16(20)26)22(9-17-14)8-12(24)19-18-7-10-3-5-11(6-4-10)23(27)28/h3-7,9H,8H2,1-2H3,(H,19,24)/b18-7-. The molecule has 0 spiro atoms. The summed E-state index contributed by atoms with van der Waals surface area (Å²) in [5.41, 5.74) is 2.04. The summed E-state index contributed by atoms with van der Waals surface area (Å²) in [7, 11) is 2.83. The highest BCUT2D eigenvalue weighted by molar-refractivity contribution is 5.83. The molecule has 0 aliphatic rings. The molecule has 1 aromatic carbocycles. The smallest absolute Gasteiger partial charge is 0.315 e. The Labute approximate surface area is 156 Å². The van der Waals surface area contributed by atoms with Gasteiger partial charge in [-0.3, -0.25) is 28.8 Å². The van der Waals surface area contributed by atoms with Gasteiger partial charge < -0.3 is 4.57 Å². The Morgan fingerprint density at radius 1 is 1.25 bits per heavy atom. The fourth-order valence-electron chi connectivity index (χ4n) is 2.57. The summed E-state index contributed by atoms with van der Waals surface area (Å²) in [6, 6.07) is 5.62. The molecule has 28 heavy (non-hydrogen) atoms. The zero-order valence-electron chi connectivity index (χ0n) is 14.9. The maximum absolute atomic E-state index is 12.3. The van der Waals surface area contributed by atoms with Gasteiger partial charge in [-0.15, -0.1) is 0 Å². The molecule has 3 rings (SSSR count). The Morgan fingerprint density at radius 3 is 2.57 bits per heavy atom. The van der Waals surface area contributed by atoms with Crippen LogP contribution in [0.5, 0.6) is 0 Å². The first kappa shape index (κ1) is 18.7. The second-order valence-electron chi connectivity index (χ2n) is 5.89. The number of carbonyl (C=O) groups is 1. The van der Waals surface area contributed by atoms with Gasteiger partial charge in [-0.25, -0.2) is 15.2 Å². The summed E-state index contributed by atoms with van der Waals surface area (Å²) in [4.78, 5) is 50.4. The van der Waals surface area contributed by atoms with Crippen molar-refractivity contribution in [2.24, 2.45) is 19.2 Å². The second-order valence-corrected chi connectivity index (χ2v) is 5.89. The summed E-state index contributed by atoms with van der Waals surface area (Å²) in [5, 5.41) is 14.4. The molecule has 0 aliphatic carbocycles. The first-order chi connectivity index (χ1) is 13.3. The van der Waals surface area contributed by atoms with Gasteiger partial charge in [-0.1, -0.05) is 0 Å². The summed E-state index contributed by atoms with van der Waals surface area (Å²) >= 11 is 0. The van der Waals surface area contributed by atoms with E-state index in [2.05, 4.69) is 15.5 Å². The molecule has 2 heterocycles. The molecule has 0 saturated carbocycles. The first-order valence-corrected chi connectivity index (χ1v) is 7.97. The third-order valence-electron chi connectivity index (χ3n) is 4.04. The number of aryl methyl sites for hydroxylation is 1. The van der Waals surface area contributed by atoms with Crippen LogP contribution in [0.4, 0.5) is 5.69 Å². The van der Waals surface area contributed by atoms with Crippen LogP contribution in [0.1, 0.15) is 5.56 Å². The number of aromatic nitrogens is 4. The fraction of sp³-hybridized carbons (Fsp3) is 0.188. The van der Waals surface area contributed by atoms with Gasteiger partial charge in [0.05, 0.1) is 17.5 Å². The maximum Gasteiger partial charge on any atom is 0.332 e. The van der Waals surface area contributed by atoms with Crippen LogP contribution >= 0.6 is 0 Å². The monoisotopic (exact) mass is 385 g/mol. The van der Waals surface area contributed by atoms with Crippen molar-refractivity contribution >= 4 is 29.0 Å². The number of amides is 1. The lowest BCUT2D eigenvalue weighted by Gasteiger charge is -2.05. The van der Waals surface area contributed by atoms with E-state index < -0.39 is 22.1 Å². The number of hydrazone groups is 1. The van der Waals surface area contributed by atoms with Crippen LogP contribution in [-0.4, -0.2) is 35.7 Å². The molecule has 144 valence electrons. The third kappa shape index (κ3) is 3.42. The van der Waals surface area contributed by atoms with Crippen LogP contribution < -0.4 is 16.7 Å². The number of rotatable bonds is 5. The molecule has 0 saturated heterocycles. The highest BCUT2D eigenvalue weighted by Gasteiger charge is 2.15. The number of hydrogen-bond donors (Lipinski definition) is 1. The number of non-ortho nitro benzene ring substituents is 1. The topological polar surface area (TPSA) is 146 Å². The van der Waals surface area contributed by atoms with Crippen molar-refractivity contribution in [1.29, 1.82) is 0 Å². The van der Waals surface area contributed by atoms with Crippen LogP contribution in [0.25, 0.3) is 11.2 Å². The Morgan fingerprint density at radius 2 is 1.93 bits per heavy atom. The largest absolute Gasteiger partial charge is 0.332 e. The van der Waals surface area contributed by atoms with E-state index in [1.807, 2.05) is 0 Å². The Balaban J connectivity index is 1.74. The highest BCUT2D eigenvalue weighted by Crippen LogP contribution is 2.10. The zero-order chi connectivity index (χ0) is 20.4. The van der Waals surface area contributed by atoms with Crippen molar-refractivity contribution in [1.82, 2.24) is 24.1 Å². The molecule has 0 radical (unpaired) electrons. The van der Waals surface area contributed by atoms with Gasteiger partial charge in [-0.2, -0.15) is 5.10 Å². The molecular formula is C16H15N7O5. The van der Waals surface area contributed by atoms with Crippen molar-refractivity contribution in [3.8, 4) is 0 Å². The first-order valence-electron chi connectivity index (χ1n) is 7.97. The van der Waals surface area contributed by atoms with E-state index in [0.717, 1.165) is 4.57 Å². The lowest BCUT2D eigenvalue weighted by Crippen LogP contribution is -2.38. The van der Waals surface area contributed by atoms with E-state index >= 15 is 0 Å². The van der Waals surface area contributed by atoms with E-state index in [1.54, 1.807) is 0 Å². The third-order valence-corrected chi connectivity index (χ3v) is 4.04. The van der Waals surface area contributed by atoms with Gasteiger partial charge >= 0.3 is 5.69 Å². The summed E-state index contributed by atoms with van der Waals surface area (Å²) < 4.78 is 3.48. The molecular weight excluding hydrogens is 370 g/mol. The normalized spacial score (nSPS) is 11.2. The van der Waals surface area contributed by atoms with E-state index in [9.17, 15) is 24.5 Å². The van der Waals surface area contributed by atoms with Crippen LogP contribution in [0.3, 0.4) is 0 Å². The minimum atomic E-state index is -0.558. The fourth-order valence-corrected chi connectivity index (χ4v) is 2.57. The van der Waals surface area contributed by atoms with Gasteiger partial charge in [-0.05, 0) is 17.7 Å². The minimum Gasteiger partial charge on any atom is -0.315 e. The predicted octanol–water partition coefficient (Wildman–Crippen LogP) is -0.508. The van der Waals surface area contributed by atoms with Crippen LogP contribution in [0.2, 0.25) is 0 Å². The van der Waals surface area contributed by atoms with E-state index in [0.29, 0.717) is 5.56 Å². The van der Waals surface area contributed by atoms with Gasteiger partial charge in [0.15, 0.2) is 11.2 Å². The van der Waals surface area contributed by atoms with E-state index in [1.165, 1.54) is 60.0 Å². The number of fused-ring (bicyclic) bond motifs is 1. The lowest BCUT2D eigenvalue weighted by atomic mass is 10.2. The van der Waals surface area contributed by atoms with Gasteiger partial charge in [0.2, 0.25) is 0 Å². The zero-order valence-corrected chi connectivity index (χ0v) is 14.9. The van der Waals surface area contributed by atoms with Crippen molar-refractivity contribution in [3.05, 3.63) is 67.1 Å².